The first-order valence-corrected chi connectivity index (χ1v) is 8.64. The van der Waals surface area contributed by atoms with Crippen LogP contribution in [-0.4, -0.2) is 28.3 Å². The fourth-order valence-corrected chi connectivity index (χ4v) is 2.56. The molecule has 0 saturated heterocycles. The molecule has 3 aromatic rings. The number of benzene rings is 2. The summed E-state index contributed by atoms with van der Waals surface area (Å²) in [5.41, 5.74) is 2.94. The standard InChI is InChI=1S/C21H20N4O2/c1-15-7-5-6-10-18(15)21(27)22-12-11-19(26)25-17-13-23-20(24-14-17)16-8-3-2-4-9-16/h2-10,13-14H,11-12H2,1H3,(H,22,27)(H,25,26). The number of aryl methyl sites for hydroxylation is 1. The third-order valence-electron chi connectivity index (χ3n) is 3.99. The van der Waals surface area contributed by atoms with E-state index in [0.29, 0.717) is 17.1 Å². The molecule has 0 aliphatic carbocycles. The molecule has 3 rings (SSSR count). The van der Waals surface area contributed by atoms with E-state index in [9.17, 15) is 9.59 Å². The maximum absolute atomic E-state index is 12.1. The van der Waals surface area contributed by atoms with Crippen LogP contribution in [0.15, 0.2) is 67.0 Å². The predicted octanol–water partition coefficient (Wildman–Crippen LogP) is 3.21. The first-order chi connectivity index (χ1) is 13.1. The average Bonchev–Trinajstić information content (AvgIpc) is 2.69. The Hall–Kier alpha value is -3.54. The first kappa shape index (κ1) is 18.3. The summed E-state index contributed by atoms with van der Waals surface area (Å²) in [7, 11) is 0. The Kier molecular flexibility index (Phi) is 5.89. The van der Waals surface area contributed by atoms with Gasteiger partial charge in [-0.1, -0.05) is 48.5 Å². The molecule has 1 aromatic heterocycles. The van der Waals surface area contributed by atoms with Crippen molar-refractivity contribution in [2.24, 2.45) is 0 Å². The molecule has 0 atom stereocenters. The number of amides is 2. The SMILES string of the molecule is Cc1ccccc1C(=O)NCCC(=O)Nc1cnc(-c2ccccc2)nc1. The van der Waals surface area contributed by atoms with Gasteiger partial charge < -0.3 is 10.6 Å². The molecule has 2 N–H and O–H groups in total. The second-order valence-corrected chi connectivity index (χ2v) is 6.03. The third kappa shape index (κ3) is 4.98. The molecule has 6 nitrogen and oxygen atoms in total. The van der Waals surface area contributed by atoms with Crippen molar-refractivity contribution < 1.29 is 9.59 Å². The van der Waals surface area contributed by atoms with Crippen molar-refractivity contribution in [2.75, 3.05) is 11.9 Å². The van der Waals surface area contributed by atoms with Crippen molar-refractivity contribution in [3.8, 4) is 11.4 Å². The third-order valence-corrected chi connectivity index (χ3v) is 3.99. The maximum atomic E-state index is 12.1. The normalized spacial score (nSPS) is 10.3. The Bertz CT molecular complexity index is 924. The number of aromatic nitrogens is 2. The molecular formula is C21H20N4O2. The van der Waals surface area contributed by atoms with Crippen molar-refractivity contribution in [3.63, 3.8) is 0 Å². The zero-order valence-electron chi connectivity index (χ0n) is 15.0. The molecule has 0 spiro atoms. The summed E-state index contributed by atoms with van der Waals surface area (Å²) < 4.78 is 0. The van der Waals surface area contributed by atoms with Gasteiger partial charge in [0, 0.05) is 24.1 Å². The Morgan fingerprint density at radius 3 is 2.30 bits per heavy atom. The van der Waals surface area contributed by atoms with Gasteiger partial charge >= 0.3 is 0 Å². The van der Waals surface area contributed by atoms with Crippen molar-refractivity contribution in [1.29, 1.82) is 0 Å². The highest BCUT2D eigenvalue weighted by atomic mass is 16.2. The minimum atomic E-state index is -0.212. The second kappa shape index (κ2) is 8.71. The van der Waals surface area contributed by atoms with Gasteiger partial charge in [0.1, 0.15) is 0 Å². The highest BCUT2D eigenvalue weighted by Gasteiger charge is 2.09. The number of carbonyl (C=O) groups excluding carboxylic acids is 2. The summed E-state index contributed by atoms with van der Waals surface area (Å²) in [4.78, 5) is 32.7. The van der Waals surface area contributed by atoms with E-state index in [2.05, 4.69) is 20.6 Å². The molecule has 0 bridgehead atoms. The zero-order valence-corrected chi connectivity index (χ0v) is 15.0. The van der Waals surface area contributed by atoms with Crippen LogP contribution in [0.2, 0.25) is 0 Å². The lowest BCUT2D eigenvalue weighted by molar-refractivity contribution is -0.116. The molecule has 0 aliphatic rings. The number of hydrogen-bond acceptors (Lipinski definition) is 4. The highest BCUT2D eigenvalue weighted by Crippen LogP contribution is 2.14. The molecule has 1 heterocycles. The smallest absolute Gasteiger partial charge is 0.251 e. The van der Waals surface area contributed by atoms with E-state index in [1.54, 1.807) is 18.5 Å². The molecule has 6 heteroatoms. The van der Waals surface area contributed by atoms with Gasteiger partial charge in [-0.25, -0.2) is 9.97 Å². The Morgan fingerprint density at radius 2 is 1.59 bits per heavy atom. The quantitative estimate of drug-likeness (QED) is 0.707. The van der Waals surface area contributed by atoms with E-state index < -0.39 is 0 Å². The van der Waals surface area contributed by atoms with Crippen LogP contribution in [0.1, 0.15) is 22.3 Å². The number of anilines is 1. The number of hydrogen-bond donors (Lipinski definition) is 2. The van der Waals surface area contributed by atoms with Gasteiger partial charge in [-0.15, -0.1) is 0 Å². The molecule has 136 valence electrons. The molecule has 0 saturated carbocycles. The lowest BCUT2D eigenvalue weighted by Gasteiger charge is -2.08. The number of carbonyl (C=O) groups is 2. The van der Waals surface area contributed by atoms with Crippen LogP contribution in [0.5, 0.6) is 0 Å². The van der Waals surface area contributed by atoms with Crippen molar-refractivity contribution in [3.05, 3.63) is 78.1 Å². The number of nitrogens with one attached hydrogen (secondary N) is 2. The summed E-state index contributed by atoms with van der Waals surface area (Å²) in [5.74, 6) is 0.201. The highest BCUT2D eigenvalue weighted by molar-refractivity contribution is 5.96. The largest absolute Gasteiger partial charge is 0.352 e. The summed E-state index contributed by atoms with van der Waals surface area (Å²) in [6.45, 7) is 2.13. The van der Waals surface area contributed by atoms with E-state index in [-0.39, 0.29) is 24.8 Å². The van der Waals surface area contributed by atoms with Crippen molar-refractivity contribution in [1.82, 2.24) is 15.3 Å². The molecule has 2 amide bonds. The Balaban J connectivity index is 1.48. The van der Waals surface area contributed by atoms with Gasteiger partial charge in [0.2, 0.25) is 5.91 Å². The first-order valence-electron chi connectivity index (χ1n) is 8.64. The van der Waals surface area contributed by atoms with Crippen molar-refractivity contribution in [2.45, 2.75) is 13.3 Å². The summed E-state index contributed by atoms with van der Waals surface area (Å²) >= 11 is 0. The second-order valence-electron chi connectivity index (χ2n) is 6.03. The molecule has 0 fully saturated rings. The van der Waals surface area contributed by atoms with Crippen LogP contribution >= 0.6 is 0 Å². The predicted molar refractivity (Wildman–Crippen MR) is 104 cm³/mol. The Labute approximate surface area is 157 Å². The van der Waals surface area contributed by atoms with E-state index in [1.807, 2.05) is 55.5 Å². The van der Waals surface area contributed by atoms with Gasteiger partial charge in [-0.05, 0) is 18.6 Å². The monoisotopic (exact) mass is 360 g/mol. The minimum Gasteiger partial charge on any atom is -0.352 e. The van der Waals surface area contributed by atoms with Gasteiger partial charge in [0.05, 0.1) is 18.1 Å². The summed E-state index contributed by atoms with van der Waals surface area (Å²) in [5, 5.41) is 5.49. The van der Waals surface area contributed by atoms with Gasteiger partial charge in [-0.2, -0.15) is 0 Å². The van der Waals surface area contributed by atoms with E-state index >= 15 is 0 Å². The Morgan fingerprint density at radius 1 is 0.926 bits per heavy atom. The molecule has 0 aliphatic heterocycles. The summed E-state index contributed by atoms with van der Waals surface area (Å²) in [6, 6.07) is 16.9. The number of rotatable bonds is 6. The van der Waals surface area contributed by atoms with E-state index in [1.165, 1.54) is 0 Å². The van der Waals surface area contributed by atoms with Gasteiger partial charge in [0.15, 0.2) is 5.82 Å². The van der Waals surface area contributed by atoms with E-state index in [0.717, 1.165) is 11.1 Å². The maximum Gasteiger partial charge on any atom is 0.251 e. The topological polar surface area (TPSA) is 84.0 Å². The lowest BCUT2D eigenvalue weighted by Crippen LogP contribution is -2.28. The fourth-order valence-electron chi connectivity index (χ4n) is 2.56. The van der Waals surface area contributed by atoms with Crippen LogP contribution in [0, 0.1) is 6.92 Å². The molecule has 0 unspecified atom stereocenters. The lowest BCUT2D eigenvalue weighted by atomic mass is 10.1. The molecule has 27 heavy (non-hydrogen) atoms. The molecule has 2 aromatic carbocycles. The molecular weight excluding hydrogens is 340 g/mol. The van der Waals surface area contributed by atoms with Crippen LogP contribution in [0.3, 0.4) is 0 Å². The van der Waals surface area contributed by atoms with Crippen LogP contribution in [-0.2, 0) is 4.79 Å². The summed E-state index contributed by atoms with van der Waals surface area (Å²) in [6.07, 6.45) is 3.30. The van der Waals surface area contributed by atoms with Crippen LogP contribution < -0.4 is 10.6 Å². The van der Waals surface area contributed by atoms with Gasteiger partial charge in [-0.3, -0.25) is 9.59 Å². The molecule has 0 radical (unpaired) electrons. The van der Waals surface area contributed by atoms with E-state index in [4.69, 9.17) is 0 Å². The fraction of sp³-hybridized carbons (Fsp3) is 0.143. The van der Waals surface area contributed by atoms with Gasteiger partial charge in [0.25, 0.3) is 5.91 Å². The van der Waals surface area contributed by atoms with Crippen LogP contribution in [0.25, 0.3) is 11.4 Å². The minimum absolute atomic E-state index is 0.165. The van der Waals surface area contributed by atoms with Crippen molar-refractivity contribution >= 4 is 17.5 Å². The van der Waals surface area contributed by atoms with Crippen LogP contribution in [0.4, 0.5) is 5.69 Å². The zero-order chi connectivity index (χ0) is 19.1. The average molecular weight is 360 g/mol. The number of nitrogens with zero attached hydrogens (tertiary/aromatic N) is 2.